The number of rotatable bonds is 8. The summed E-state index contributed by atoms with van der Waals surface area (Å²) in [6, 6.07) is 19.2. The molecule has 2 heterocycles. The normalized spacial score (nSPS) is 17.7. The van der Waals surface area contributed by atoms with Crippen molar-refractivity contribution in [3.05, 3.63) is 78.2 Å². The maximum absolute atomic E-state index is 15.0. The molecule has 2 amide bonds. The average molecular weight is 522 g/mol. The van der Waals surface area contributed by atoms with Crippen LogP contribution in [0.1, 0.15) is 51.0 Å². The van der Waals surface area contributed by atoms with E-state index in [1.807, 2.05) is 75.5 Å². The smallest absolute Gasteiger partial charge is 0.320 e. The zero-order valence-electron chi connectivity index (χ0n) is 22.6. The largest absolute Gasteiger partial charge is 0.391 e. The summed E-state index contributed by atoms with van der Waals surface area (Å²) in [6.45, 7) is 7.12. The van der Waals surface area contributed by atoms with E-state index in [0.29, 0.717) is 31.8 Å². The average Bonchev–Trinajstić information content (AvgIpc) is 3.31. The number of likely N-dealkylation sites (tertiary alicyclic amines) is 1. The minimum Gasteiger partial charge on any atom is -0.391 e. The van der Waals surface area contributed by atoms with Gasteiger partial charge in [-0.25, -0.2) is 14.2 Å². The predicted octanol–water partition coefficient (Wildman–Crippen LogP) is 4.86. The number of nitrogens with two attached hydrogens (primary N) is 1. The molecule has 0 saturated carbocycles. The lowest BCUT2D eigenvalue weighted by Gasteiger charge is -2.43. The Kier molecular flexibility index (Phi) is 8.84. The molecule has 0 bridgehead atoms. The minimum atomic E-state index is -1.38. The molecule has 4 rings (SSSR count). The van der Waals surface area contributed by atoms with Crippen LogP contribution in [0.5, 0.6) is 0 Å². The van der Waals surface area contributed by atoms with E-state index in [4.69, 9.17) is 10.7 Å². The third kappa shape index (κ3) is 6.60. The number of carbonyl (C=O) groups excluding carboxylic acids is 1. The standard InChI is InChI=1S/C30H40FN5O2/c1-30(2,3)27(36(19-24(31)17-32)29(38)34-16-10-15-25(37)20-34)28-33-26(23-13-8-5-9-14-23)21-35(28)18-22-11-6-4-7-12-22/h4-9,11-14,21,24-25,27,37H,10,15-20,32H2,1-3H3/t24-,25?,27+/m1/s1. The number of imidazole rings is 1. The van der Waals surface area contributed by atoms with E-state index in [2.05, 4.69) is 16.7 Å². The predicted molar refractivity (Wildman–Crippen MR) is 148 cm³/mol. The van der Waals surface area contributed by atoms with Crippen molar-refractivity contribution in [2.75, 3.05) is 26.2 Å². The molecule has 1 saturated heterocycles. The lowest BCUT2D eigenvalue weighted by Crippen LogP contribution is -2.54. The summed E-state index contributed by atoms with van der Waals surface area (Å²) in [6.07, 6.45) is 1.41. The van der Waals surface area contributed by atoms with Gasteiger partial charge in [0.05, 0.1) is 24.4 Å². The fourth-order valence-electron chi connectivity index (χ4n) is 5.19. The van der Waals surface area contributed by atoms with Crippen molar-refractivity contribution >= 4 is 6.03 Å². The molecule has 38 heavy (non-hydrogen) atoms. The van der Waals surface area contributed by atoms with Gasteiger partial charge in [0.15, 0.2) is 0 Å². The van der Waals surface area contributed by atoms with Crippen molar-refractivity contribution in [1.82, 2.24) is 19.4 Å². The number of hydrogen-bond acceptors (Lipinski definition) is 4. The fourth-order valence-corrected chi connectivity index (χ4v) is 5.19. The van der Waals surface area contributed by atoms with Crippen LogP contribution in [-0.4, -0.2) is 68.9 Å². The number of alkyl halides is 1. The number of β-amino-alcohol motifs (C(OH)–C–C–N with tert-alkyl or cyclic N) is 1. The van der Waals surface area contributed by atoms with E-state index < -0.39 is 23.7 Å². The number of hydrogen-bond donors (Lipinski definition) is 2. The molecule has 1 aromatic heterocycles. The van der Waals surface area contributed by atoms with Crippen molar-refractivity contribution in [1.29, 1.82) is 0 Å². The van der Waals surface area contributed by atoms with Crippen LogP contribution < -0.4 is 5.73 Å². The van der Waals surface area contributed by atoms with Crippen LogP contribution in [0.25, 0.3) is 11.3 Å². The highest BCUT2D eigenvalue weighted by Crippen LogP contribution is 2.40. The zero-order valence-corrected chi connectivity index (χ0v) is 22.6. The summed E-state index contributed by atoms with van der Waals surface area (Å²) in [5, 5.41) is 10.3. The van der Waals surface area contributed by atoms with Crippen LogP contribution in [0.2, 0.25) is 0 Å². The van der Waals surface area contributed by atoms with Crippen LogP contribution in [0.15, 0.2) is 66.9 Å². The summed E-state index contributed by atoms with van der Waals surface area (Å²) in [4.78, 5) is 22.3. The summed E-state index contributed by atoms with van der Waals surface area (Å²) in [5.74, 6) is 0.690. The van der Waals surface area contributed by atoms with E-state index >= 15 is 0 Å². The molecule has 3 N–H and O–H groups in total. The van der Waals surface area contributed by atoms with Crippen molar-refractivity contribution in [2.24, 2.45) is 11.1 Å². The number of amides is 2. The zero-order chi connectivity index (χ0) is 27.3. The summed E-state index contributed by atoms with van der Waals surface area (Å²) in [7, 11) is 0. The van der Waals surface area contributed by atoms with Gasteiger partial charge in [0.2, 0.25) is 0 Å². The molecule has 0 spiro atoms. The molecule has 2 aromatic carbocycles. The van der Waals surface area contributed by atoms with Gasteiger partial charge in [0.1, 0.15) is 12.0 Å². The highest BCUT2D eigenvalue weighted by Gasteiger charge is 2.41. The summed E-state index contributed by atoms with van der Waals surface area (Å²) in [5.41, 5.74) is 8.07. The van der Waals surface area contributed by atoms with Gasteiger partial charge < -0.3 is 25.2 Å². The maximum Gasteiger partial charge on any atom is 0.320 e. The number of benzene rings is 2. The van der Waals surface area contributed by atoms with E-state index in [1.54, 1.807) is 9.80 Å². The van der Waals surface area contributed by atoms with Crippen molar-refractivity contribution in [3.63, 3.8) is 0 Å². The third-order valence-corrected chi connectivity index (χ3v) is 7.01. The Bertz CT molecular complexity index is 1180. The topological polar surface area (TPSA) is 87.6 Å². The van der Waals surface area contributed by atoms with Crippen LogP contribution in [0, 0.1) is 5.41 Å². The van der Waals surface area contributed by atoms with Crippen LogP contribution in [-0.2, 0) is 6.54 Å². The molecular weight excluding hydrogens is 481 g/mol. The fraction of sp³-hybridized carbons (Fsp3) is 0.467. The highest BCUT2D eigenvalue weighted by molar-refractivity contribution is 5.75. The van der Waals surface area contributed by atoms with Crippen LogP contribution in [0.4, 0.5) is 9.18 Å². The van der Waals surface area contributed by atoms with Gasteiger partial charge in [-0.1, -0.05) is 81.4 Å². The minimum absolute atomic E-state index is 0.150. The molecular formula is C30H40FN5O2. The molecule has 1 aliphatic heterocycles. The first-order valence-electron chi connectivity index (χ1n) is 13.4. The number of aromatic nitrogens is 2. The Hall–Kier alpha value is -3.23. The Balaban J connectivity index is 1.83. The quantitative estimate of drug-likeness (QED) is 0.443. The van der Waals surface area contributed by atoms with E-state index in [0.717, 1.165) is 16.8 Å². The first-order valence-corrected chi connectivity index (χ1v) is 13.4. The highest BCUT2D eigenvalue weighted by atomic mass is 19.1. The molecule has 0 aliphatic carbocycles. The number of piperidine rings is 1. The van der Waals surface area contributed by atoms with E-state index in [-0.39, 0.29) is 25.7 Å². The molecule has 3 atom stereocenters. The Morgan fingerprint density at radius 1 is 1.16 bits per heavy atom. The molecule has 204 valence electrons. The Morgan fingerprint density at radius 2 is 1.82 bits per heavy atom. The summed E-state index contributed by atoms with van der Waals surface area (Å²) < 4.78 is 17.0. The molecule has 3 aromatic rings. The lowest BCUT2D eigenvalue weighted by atomic mass is 9.84. The first kappa shape index (κ1) is 27.8. The molecule has 1 aliphatic rings. The molecule has 0 radical (unpaired) electrons. The second-order valence-electron chi connectivity index (χ2n) is 11.2. The Labute approximate surface area is 225 Å². The number of halogens is 1. The molecule has 7 nitrogen and oxygen atoms in total. The lowest BCUT2D eigenvalue weighted by molar-refractivity contribution is 0.0398. The van der Waals surface area contributed by atoms with Gasteiger partial charge in [-0.05, 0) is 23.8 Å². The number of aliphatic hydroxyl groups is 1. The van der Waals surface area contributed by atoms with Gasteiger partial charge in [-0.15, -0.1) is 0 Å². The van der Waals surface area contributed by atoms with Crippen molar-refractivity contribution < 1.29 is 14.3 Å². The number of aliphatic hydroxyl groups excluding tert-OH is 1. The SMILES string of the molecule is CC(C)(C)[C@H](c1nc(-c2ccccc2)cn1Cc1ccccc1)N(C[C@H](F)CN)C(=O)N1CCCC(O)C1. The van der Waals surface area contributed by atoms with Crippen LogP contribution >= 0.6 is 0 Å². The maximum atomic E-state index is 15.0. The van der Waals surface area contributed by atoms with Crippen molar-refractivity contribution in [3.8, 4) is 11.3 Å². The Morgan fingerprint density at radius 3 is 2.42 bits per heavy atom. The molecule has 1 unspecified atom stereocenters. The monoisotopic (exact) mass is 521 g/mol. The number of nitrogens with zero attached hydrogens (tertiary/aromatic N) is 4. The molecule has 8 heteroatoms. The van der Waals surface area contributed by atoms with Gasteiger partial charge in [0, 0.05) is 37.9 Å². The van der Waals surface area contributed by atoms with E-state index in [1.165, 1.54) is 0 Å². The summed E-state index contributed by atoms with van der Waals surface area (Å²) >= 11 is 0. The number of carbonyl (C=O) groups is 1. The van der Waals surface area contributed by atoms with Gasteiger partial charge in [-0.2, -0.15) is 0 Å². The third-order valence-electron chi connectivity index (χ3n) is 7.01. The second kappa shape index (κ2) is 12.1. The second-order valence-corrected chi connectivity index (χ2v) is 11.2. The van der Waals surface area contributed by atoms with Crippen molar-refractivity contribution in [2.45, 2.75) is 58.5 Å². The van der Waals surface area contributed by atoms with Gasteiger partial charge >= 0.3 is 6.03 Å². The van der Waals surface area contributed by atoms with E-state index in [9.17, 15) is 14.3 Å². The first-order chi connectivity index (χ1) is 18.2. The van der Waals surface area contributed by atoms with Gasteiger partial charge in [0.25, 0.3) is 0 Å². The van der Waals surface area contributed by atoms with Crippen LogP contribution in [0.3, 0.4) is 0 Å². The van der Waals surface area contributed by atoms with Gasteiger partial charge in [-0.3, -0.25) is 0 Å². The molecule has 1 fully saturated rings. The number of urea groups is 1.